The number of ether oxygens (including phenoxy) is 1. The summed E-state index contributed by atoms with van der Waals surface area (Å²) >= 11 is 0. The van der Waals surface area contributed by atoms with Crippen molar-refractivity contribution in [1.29, 1.82) is 0 Å². The SMILES string of the molecule is COc1ccccc1C(=O)Nc1ccccc1NC(=O)C1CCN(S(C)(=O)=O)CC1. The van der Waals surface area contributed by atoms with Gasteiger partial charge in [0.15, 0.2) is 0 Å². The standard InChI is InChI=1S/C21H25N3O5S/c1-29-19-10-6-3-7-16(19)21(26)23-18-9-5-4-8-17(18)22-20(25)15-11-13-24(14-12-15)30(2,27)28/h3-10,15H,11-14H2,1-2H3,(H,22,25)(H,23,26). The number of para-hydroxylation sites is 3. The highest BCUT2D eigenvalue weighted by Crippen LogP contribution is 2.26. The molecule has 9 heteroatoms. The summed E-state index contributed by atoms with van der Waals surface area (Å²) < 4.78 is 29.9. The molecular formula is C21H25N3O5S. The van der Waals surface area contributed by atoms with Crippen molar-refractivity contribution in [2.45, 2.75) is 12.8 Å². The third-order valence-corrected chi connectivity index (χ3v) is 6.38. The number of hydrogen-bond acceptors (Lipinski definition) is 5. The Labute approximate surface area is 176 Å². The van der Waals surface area contributed by atoms with Crippen molar-refractivity contribution in [3.63, 3.8) is 0 Å². The van der Waals surface area contributed by atoms with Gasteiger partial charge >= 0.3 is 0 Å². The van der Waals surface area contributed by atoms with Crippen LogP contribution in [-0.2, 0) is 14.8 Å². The molecular weight excluding hydrogens is 406 g/mol. The van der Waals surface area contributed by atoms with Gasteiger partial charge in [-0.1, -0.05) is 24.3 Å². The van der Waals surface area contributed by atoms with Crippen LogP contribution in [0.1, 0.15) is 23.2 Å². The first-order valence-electron chi connectivity index (χ1n) is 9.59. The average Bonchev–Trinajstić information content (AvgIpc) is 2.74. The van der Waals surface area contributed by atoms with Gasteiger partial charge in [0, 0.05) is 19.0 Å². The van der Waals surface area contributed by atoms with Crippen LogP contribution in [0.5, 0.6) is 5.75 Å². The molecule has 2 N–H and O–H groups in total. The van der Waals surface area contributed by atoms with Crippen molar-refractivity contribution in [3.05, 3.63) is 54.1 Å². The predicted octanol–water partition coefficient (Wildman–Crippen LogP) is 2.56. The minimum absolute atomic E-state index is 0.192. The molecule has 0 unspecified atom stereocenters. The Morgan fingerprint density at radius 1 is 0.967 bits per heavy atom. The second-order valence-electron chi connectivity index (χ2n) is 7.13. The fraction of sp³-hybridized carbons (Fsp3) is 0.333. The summed E-state index contributed by atoms with van der Waals surface area (Å²) in [7, 11) is -1.75. The van der Waals surface area contributed by atoms with Gasteiger partial charge in [0.25, 0.3) is 5.91 Å². The van der Waals surface area contributed by atoms with Crippen LogP contribution in [-0.4, -0.2) is 51.0 Å². The van der Waals surface area contributed by atoms with Crippen molar-refractivity contribution < 1.29 is 22.7 Å². The van der Waals surface area contributed by atoms with E-state index in [1.165, 1.54) is 17.7 Å². The van der Waals surface area contributed by atoms with Crippen LogP contribution < -0.4 is 15.4 Å². The molecule has 1 fully saturated rings. The summed E-state index contributed by atoms with van der Waals surface area (Å²) in [6.07, 6.45) is 2.08. The minimum Gasteiger partial charge on any atom is -0.496 e. The molecule has 1 aliphatic rings. The molecule has 0 aromatic heterocycles. The number of rotatable bonds is 6. The maximum absolute atomic E-state index is 12.7. The monoisotopic (exact) mass is 431 g/mol. The minimum atomic E-state index is -3.24. The highest BCUT2D eigenvalue weighted by atomic mass is 32.2. The second-order valence-corrected chi connectivity index (χ2v) is 9.11. The molecule has 1 saturated heterocycles. The summed E-state index contributed by atoms with van der Waals surface area (Å²) in [5.74, 6) is -0.382. The maximum Gasteiger partial charge on any atom is 0.259 e. The quantitative estimate of drug-likeness (QED) is 0.731. The number of sulfonamides is 1. The summed E-state index contributed by atoms with van der Waals surface area (Å²) in [5, 5.41) is 5.68. The van der Waals surface area contributed by atoms with Crippen LogP contribution in [0.3, 0.4) is 0 Å². The lowest BCUT2D eigenvalue weighted by Gasteiger charge is -2.29. The van der Waals surface area contributed by atoms with Gasteiger partial charge in [0.1, 0.15) is 5.75 Å². The first-order chi connectivity index (χ1) is 14.3. The summed E-state index contributed by atoms with van der Waals surface area (Å²) in [6.45, 7) is 0.645. The van der Waals surface area contributed by atoms with Crippen LogP contribution in [0.25, 0.3) is 0 Å². The van der Waals surface area contributed by atoms with Gasteiger partial charge in [-0.05, 0) is 37.1 Å². The Kier molecular flexibility index (Phi) is 6.73. The molecule has 0 bridgehead atoms. The molecule has 30 heavy (non-hydrogen) atoms. The molecule has 3 rings (SSSR count). The fourth-order valence-electron chi connectivity index (χ4n) is 3.41. The van der Waals surface area contributed by atoms with Crippen LogP contribution in [0.15, 0.2) is 48.5 Å². The van der Waals surface area contributed by atoms with E-state index in [1.807, 2.05) is 0 Å². The van der Waals surface area contributed by atoms with E-state index in [0.29, 0.717) is 48.6 Å². The lowest BCUT2D eigenvalue weighted by molar-refractivity contribution is -0.120. The highest BCUT2D eigenvalue weighted by Gasteiger charge is 2.29. The normalized spacial score (nSPS) is 15.4. The van der Waals surface area contributed by atoms with E-state index in [-0.39, 0.29) is 17.7 Å². The molecule has 160 valence electrons. The molecule has 0 atom stereocenters. The van der Waals surface area contributed by atoms with Gasteiger partial charge in [-0.25, -0.2) is 12.7 Å². The van der Waals surface area contributed by atoms with E-state index in [9.17, 15) is 18.0 Å². The van der Waals surface area contributed by atoms with Crippen molar-refractivity contribution in [2.75, 3.05) is 37.1 Å². The number of nitrogens with zero attached hydrogens (tertiary/aromatic N) is 1. The second kappa shape index (κ2) is 9.27. The number of piperidine rings is 1. The molecule has 0 aliphatic carbocycles. The van der Waals surface area contributed by atoms with Crippen LogP contribution in [0, 0.1) is 5.92 Å². The lowest BCUT2D eigenvalue weighted by Crippen LogP contribution is -2.40. The number of nitrogens with one attached hydrogen (secondary N) is 2. The molecule has 2 aromatic rings. The molecule has 1 heterocycles. The zero-order chi connectivity index (χ0) is 21.7. The van der Waals surface area contributed by atoms with E-state index in [2.05, 4.69) is 10.6 Å². The molecule has 2 amide bonds. The van der Waals surface area contributed by atoms with Gasteiger partial charge < -0.3 is 15.4 Å². The third kappa shape index (κ3) is 5.17. The first kappa shape index (κ1) is 21.8. The smallest absolute Gasteiger partial charge is 0.259 e. The number of carbonyl (C=O) groups excluding carboxylic acids is 2. The molecule has 8 nitrogen and oxygen atoms in total. The summed E-state index contributed by atoms with van der Waals surface area (Å²) in [4.78, 5) is 25.4. The molecule has 1 aliphatic heterocycles. The van der Waals surface area contributed by atoms with Crippen LogP contribution in [0.4, 0.5) is 11.4 Å². The molecule has 0 saturated carbocycles. The van der Waals surface area contributed by atoms with Crippen LogP contribution >= 0.6 is 0 Å². The largest absolute Gasteiger partial charge is 0.496 e. The van der Waals surface area contributed by atoms with Crippen LogP contribution in [0.2, 0.25) is 0 Å². The van der Waals surface area contributed by atoms with E-state index in [0.717, 1.165) is 0 Å². The van der Waals surface area contributed by atoms with E-state index in [1.54, 1.807) is 48.5 Å². The van der Waals surface area contributed by atoms with Crippen molar-refractivity contribution >= 4 is 33.2 Å². The Balaban J connectivity index is 1.68. The van der Waals surface area contributed by atoms with Gasteiger partial charge in [0.05, 0.1) is 30.3 Å². The van der Waals surface area contributed by atoms with E-state index >= 15 is 0 Å². The highest BCUT2D eigenvalue weighted by molar-refractivity contribution is 7.88. The molecule has 0 spiro atoms. The molecule has 2 aromatic carbocycles. The number of hydrogen-bond donors (Lipinski definition) is 2. The summed E-state index contributed by atoms with van der Waals surface area (Å²) in [6, 6.07) is 13.8. The Bertz CT molecular complexity index is 1030. The average molecular weight is 432 g/mol. The molecule has 0 radical (unpaired) electrons. The number of anilines is 2. The lowest BCUT2D eigenvalue weighted by atomic mass is 9.97. The number of benzene rings is 2. The van der Waals surface area contributed by atoms with Gasteiger partial charge in [0.2, 0.25) is 15.9 Å². The maximum atomic E-state index is 12.7. The third-order valence-electron chi connectivity index (χ3n) is 5.08. The number of amides is 2. The van der Waals surface area contributed by atoms with Crippen molar-refractivity contribution in [3.8, 4) is 5.75 Å². The topological polar surface area (TPSA) is 105 Å². The number of carbonyl (C=O) groups is 2. The van der Waals surface area contributed by atoms with Gasteiger partial charge in [-0.3, -0.25) is 9.59 Å². The zero-order valence-electron chi connectivity index (χ0n) is 16.9. The fourth-order valence-corrected chi connectivity index (χ4v) is 4.28. The van der Waals surface area contributed by atoms with Gasteiger partial charge in [-0.2, -0.15) is 0 Å². The van der Waals surface area contributed by atoms with E-state index < -0.39 is 10.0 Å². The van der Waals surface area contributed by atoms with Crippen molar-refractivity contribution in [2.24, 2.45) is 5.92 Å². The van der Waals surface area contributed by atoms with E-state index in [4.69, 9.17) is 4.74 Å². The van der Waals surface area contributed by atoms with Crippen molar-refractivity contribution in [1.82, 2.24) is 4.31 Å². The Morgan fingerprint density at radius 2 is 1.53 bits per heavy atom. The van der Waals surface area contributed by atoms with Gasteiger partial charge in [-0.15, -0.1) is 0 Å². The zero-order valence-corrected chi connectivity index (χ0v) is 17.7. The first-order valence-corrected chi connectivity index (χ1v) is 11.4. The summed E-state index contributed by atoms with van der Waals surface area (Å²) in [5.41, 5.74) is 1.33. The Morgan fingerprint density at radius 3 is 2.13 bits per heavy atom. The predicted molar refractivity (Wildman–Crippen MR) is 115 cm³/mol. The Hall–Kier alpha value is -2.91. The number of methoxy groups -OCH3 is 1.